The normalized spacial score (nSPS) is 16.7. The topological polar surface area (TPSA) is 84.2 Å². The monoisotopic (exact) mass is 241 g/mol. The SMILES string of the molecule is CC(C)[C@@H](N)C(=O)NCCCC(=O)NC1CC1. The third-order valence-corrected chi connectivity index (χ3v) is 2.84. The van der Waals surface area contributed by atoms with Crippen molar-refractivity contribution in [1.82, 2.24) is 10.6 Å². The maximum atomic E-state index is 11.5. The van der Waals surface area contributed by atoms with Gasteiger partial charge in [0.2, 0.25) is 11.8 Å². The summed E-state index contributed by atoms with van der Waals surface area (Å²) in [6.45, 7) is 4.33. The van der Waals surface area contributed by atoms with Gasteiger partial charge in [0.05, 0.1) is 6.04 Å². The minimum Gasteiger partial charge on any atom is -0.355 e. The van der Waals surface area contributed by atoms with Gasteiger partial charge in [-0.3, -0.25) is 9.59 Å². The van der Waals surface area contributed by atoms with Crippen LogP contribution < -0.4 is 16.4 Å². The summed E-state index contributed by atoms with van der Waals surface area (Å²) in [5, 5.41) is 5.65. The number of hydrogen-bond acceptors (Lipinski definition) is 3. The fraction of sp³-hybridized carbons (Fsp3) is 0.833. The third-order valence-electron chi connectivity index (χ3n) is 2.84. The van der Waals surface area contributed by atoms with Crippen molar-refractivity contribution in [3.8, 4) is 0 Å². The van der Waals surface area contributed by atoms with Crippen molar-refractivity contribution in [3.05, 3.63) is 0 Å². The predicted octanol–water partition coefficient (Wildman–Crippen LogP) is 0.145. The summed E-state index contributed by atoms with van der Waals surface area (Å²) in [5.74, 6) is 0.0747. The zero-order chi connectivity index (χ0) is 12.8. The molecule has 2 amide bonds. The molecule has 98 valence electrons. The average molecular weight is 241 g/mol. The van der Waals surface area contributed by atoms with Crippen LogP contribution in [0.15, 0.2) is 0 Å². The molecule has 0 aromatic rings. The second-order valence-corrected chi connectivity index (χ2v) is 5.01. The van der Waals surface area contributed by atoms with E-state index in [0.29, 0.717) is 25.4 Å². The lowest BCUT2D eigenvalue weighted by Gasteiger charge is -2.15. The molecule has 0 aromatic heterocycles. The molecule has 0 radical (unpaired) electrons. The van der Waals surface area contributed by atoms with Crippen LogP contribution >= 0.6 is 0 Å². The van der Waals surface area contributed by atoms with Crippen molar-refractivity contribution in [1.29, 1.82) is 0 Å². The summed E-state index contributed by atoms with van der Waals surface area (Å²) >= 11 is 0. The van der Waals surface area contributed by atoms with E-state index in [0.717, 1.165) is 12.8 Å². The lowest BCUT2D eigenvalue weighted by Crippen LogP contribution is -2.44. The maximum Gasteiger partial charge on any atom is 0.237 e. The Bertz CT molecular complexity index is 275. The summed E-state index contributed by atoms with van der Waals surface area (Å²) < 4.78 is 0. The van der Waals surface area contributed by atoms with Gasteiger partial charge < -0.3 is 16.4 Å². The van der Waals surface area contributed by atoms with E-state index in [4.69, 9.17) is 5.73 Å². The summed E-state index contributed by atoms with van der Waals surface area (Å²) in [6, 6.07) is -0.0539. The highest BCUT2D eigenvalue weighted by molar-refractivity contribution is 5.81. The number of rotatable bonds is 7. The van der Waals surface area contributed by atoms with Gasteiger partial charge >= 0.3 is 0 Å². The zero-order valence-electron chi connectivity index (χ0n) is 10.7. The fourth-order valence-corrected chi connectivity index (χ4v) is 1.41. The molecular weight excluding hydrogens is 218 g/mol. The summed E-state index contributed by atoms with van der Waals surface area (Å²) in [7, 11) is 0. The summed E-state index contributed by atoms with van der Waals surface area (Å²) in [5.41, 5.74) is 5.68. The van der Waals surface area contributed by atoms with E-state index in [1.54, 1.807) is 0 Å². The molecule has 1 fully saturated rings. The van der Waals surface area contributed by atoms with Gasteiger partial charge in [0.25, 0.3) is 0 Å². The molecule has 1 aliphatic rings. The van der Waals surface area contributed by atoms with Crippen LogP contribution in [-0.2, 0) is 9.59 Å². The smallest absolute Gasteiger partial charge is 0.237 e. The van der Waals surface area contributed by atoms with Crippen molar-refractivity contribution in [2.24, 2.45) is 11.7 Å². The molecule has 0 bridgehead atoms. The second kappa shape index (κ2) is 6.59. The Kier molecular flexibility index (Phi) is 5.41. The molecule has 0 aliphatic heterocycles. The molecule has 5 heteroatoms. The van der Waals surface area contributed by atoms with Crippen LogP contribution in [0.1, 0.15) is 39.5 Å². The van der Waals surface area contributed by atoms with Crippen LogP contribution in [0.5, 0.6) is 0 Å². The number of carbonyl (C=O) groups excluding carboxylic acids is 2. The highest BCUT2D eigenvalue weighted by atomic mass is 16.2. The number of nitrogens with two attached hydrogens (primary N) is 1. The molecule has 0 aromatic carbocycles. The first-order valence-electron chi connectivity index (χ1n) is 6.33. The van der Waals surface area contributed by atoms with Gasteiger partial charge in [0.1, 0.15) is 0 Å². The lowest BCUT2D eigenvalue weighted by atomic mass is 10.1. The first kappa shape index (κ1) is 14.0. The van der Waals surface area contributed by atoms with Crippen molar-refractivity contribution in [2.45, 2.75) is 51.6 Å². The number of amides is 2. The second-order valence-electron chi connectivity index (χ2n) is 5.01. The zero-order valence-corrected chi connectivity index (χ0v) is 10.7. The highest BCUT2D eigenvalue weighted by Crippen LogP contribution is 2.18. The molecule has 1 saturated carbocycles. The van der Waals surface area contributed by atoms with Crippen molar-refractivity contribution >= 4 is 11.8 Å². The molecule has 4 N–H and O–H groups in total. The molecule has 17 heavy (non-hydrogen) atoms. The van der Waals surface area contributed by atoms with Crippen molar-refractivity contribution in [2.75, 3.05) is 6.54 Å². The number of carbonyl (C=O) groups is 2. The molecule has 1 atom stereocenters. The van der Waals surface area contributed by atoms with Crippen LogP contribution in [0.2, 0.25) is 0 Å². The first-order valence-corrected chi connectivity index (χ1v) is 6.33. The predicted molar refractivity (Wildman–Crippen MR) is 66.2 cm³/mol. The van der Waals surface area contributed by atoms with Gasteiger partial charge in [-0.2, -0.15) is 0 Å². The molecule has 1 aliphatic carbocycles. The van der Waals surface area contributed by atoms with Crippen LogP contribution in [-0.4, -0.2) is 30.4 Å². The van der Waals surface area contributed by atoms with E-state index in [2.05, 4.69) is 10.6 Å². The Hall–Kier alpha value is -1.10. The Morgan fingerprint density at radius 3 is 2.53 bits per heavy atom. The molecule has 5 nitrogen and oxygen atoms in total. The van der Waals surface area contributed by atoms with E-state index < -0.39 is 6.04 Å². The lowest BCUT2D eigenvalue weighted by molar-refractivity contribution is -0.124. The van der Waals surface area contributed by atoms with Gasteiger partial charge in [-0.15, -0.1) is 0 Å². The van der Waals surface area contributed by atoms with E-state index in [1.807, 2.05) is 13.8 Å². The number of nitrogens with one attached hydrogen (secondary N) is 2. The fourth-order valence-electron chi connectivity index (χ4n) is 1.41. The average Bonchev–Trinajstić information content (AvgIpc) is 3.06. The van der Waals surface area contributed by atoms with Crippen LogP contribution in [0.4, 0.5) is 0 Å². The first-order chi connectivity index (χ1) is 8.00. The van der Waals surface area contributed by atoms with E-state index in [1.165, 1.54) is 0 Å². The Balaban J connectivity index is 2.02. The van der Waals surface area contributed by atoms with E-state index in [-0.39, 0.29) is 17.7 Å². The van der Waals surface area contributed by atoms with Gasteiger partial charge in [-0.25, -0.2) is 0 Å². The van der Waals surface area contributed by atoms with Gasteiger partial charge in [0, 0.05) is 19.0 Å². The Morgan fingerprint density at radius 2 is 2.00 bits per heavy atom. The van der Waals surface area contributed by atoms with Gasteiger partial charge in [0.15, 0.2) is 0 Å². The highest BCUT2D eigenvalue weighted by Gasteiger charge is 2.22. The van der Waals surface area contributed by atoms with Crippen LogP contribution in [0.3, 0.4) is 0 Å². The molecule has 0 spiro atoms. The van der Waals surface area contributed by atoms with Gasteiger partial charge in [-0.05, 0) is 25.2 Å². The quantitative estimate of drug-likeness (QED) is 0.554. The molecule has 1 rings (SSSR count). The van der Waals surface area contributed by atoms with Crippen molar-refractivity contribution < 1.29 is 9.59 Å². The minimum atomic E-state index is -0.463. The Labute approximate surface area is 103 Å². The van der Waals surface area contributed by atoms with Crippen LogP contribution in [0.25, 0.3) is 0 Å². The summed E-state index contributed by atoms with van der Waals surface area (Å²) in [6.07, 6.45) is 3.33. The van der Waals surface area contributed by atoms with Crippen molar-refractivity contribution in [3.63, 3.8) is 0 Å². The van der Waals surface area contributed by atoms with E-state index >= 15 is 0 Å². The standard InChI is InChI=1S/C12H23N3O2/c1-8(2)11(13)12(17)14-7-3-4-10(16)15-9-5-6-9/h8-9,11H,3-7,13H2,1-2H3,(H,14,17)(H,15,16)/t11-/m1/s1. The van der Waals surface area contributed by atoms with E-state index in [9.17, 15) is 9.59 Å². The molecule has 0 heterocycles. The molecule has 0 unspecified atom stereocenters. The Morgan fingerprint density at radius 1 is 1.35 bits per heavy atom. The molecular formula is C12H23N3O2. The van der Waals surface area contributed by atoms with Crippen LogP contribution in [0, 0.1) is 5.92 Å². The van der Waals surface area contributed by atoms with Gasteiger partial charge in [-0.1, -0.05) is 13.8 Å². The number of hydrogen-bond donors (Lipinski definition) is 3. The minimum absolute atomic E-state index is 0.0786. The third kappa shape index (κ3) is 5.68. The largest absolute Gasteiger partial charge is 0.355 e. The molecule has 0 saturated heterocycles. The summed E-state index contributed by atoms with van der Waals surface area (Å²) in [4.78, 5) is 22.8. The maximum absolute atomic E-state index is 11.5.